The Bertz CT molecular complexity index is 620. The molecule has 10 nitrogen and oxygen atoms in total. The molecule has 5 atom stereocenters. The molecule has 0 saturated carbocycles. The van der Waals surface area contributed by atoms with Crippen LogP contribution in [-0.2, 0) is 47.6 Å². The van der Waals surface area contributed by atoms with Crippen molar-refractivity contribution in [2.45, 2.75) is 104 Å². The molecule has 1 aliphatic rings. The van der Waals surface area contributed by atoms with E-state index in [9.17, 15) is 19.2 Å². The number of rotatable bonds is 14. The van der Waals surface area contributed by atoms with Crippen molar-refractivity contribution >= 4 is 23.9 Å². The van der Waals surface area contributed by atoms with Gasteiger partial charge in [-0.15, -0.1) is 0 Å². The van der Waals surface area contributed by atoms with Gasteiger partial charge in [-0.1, -0.05) is 39.0 Å². The first-order valence-corrected chi connectivity index (χ1v) is 11.1. The summed E-state index contributed by atoms with van der Waals surface area (Å²) in [5, 5.41) is 0. The van der Waals surface area contributed by atoms with Crippen molar-refractivity contribution in [3.8, 4) is 0 Å². The minimum absolute atomic E-state index is 0.325. The second-order valence-electron chi connectivity index (χ2n) is 7.71. The Morgan fingerprint density at radius 1 is 0.781 bits per heavy atom. The third kappa shape index (κ3) is 10.4. The molecule has 0 spiro atoms. The van der Waals surface area contributed by atoms with Gasteiger partial charge in [-0.3, -0.25) is 19.2 Å². The van der Waals surface area contributed by atoms with Crippen LogP contribution in [0.5, 0.6) is 0 Å². The second kappa shape index (κ2) is 14.8. The van der Waals surface area contributed by atoms with Crippen molar-refractivity contribution < 1.29 is 47.6 Å². The molecule has 1 aliphatic heterocycles. The number of ether oxygens (including phenoxy) is 6. The topological polar surface area (TPSA) is 124 Å². The molecule has 0 radical (unpaired) electrons. The molecule has 0 aromatic rings. The van der Waals surface area contributed by atoms with Crippen LogP contribution < -0.4 is 0 Å². The quantitative estimate of drug-likeness (QED) is 0.217. The van der Waals surface area contributed by atoms with E-state index in [0.717, 1.165) is 32.1 Å². The summed E-state index contributed by atoms with van der Waals surface area (Å²) in [7, 11) is 0. The number of carbonyl (C=O) groups excluding carboxylic acids is 4. The Morgan fingerprint density at radius 2 is 1.38 bits per heavy atom. The first kappa shape index (κ1) is 27.8. The van der Waals surface area contributed by atoms with Gasteiger partial charge in [0.15, 0.2) is 24.6 Å². The molecule has 0 aromatic heterocycles. The molecule has 10 heteroatoms. The van der Waals surface area contributed by atoms with E-state index in [1.165, 1.54) is 34.1 Å². The molecule has 4 unspecified atom stereocenters. The molecule has 32 heavy (non-hydrogen) atoms. The van der Waals surface area contributed by atoms with E-state index in [2.05, 4.69) is 6.92 Å². The van der Waals surface area contributed by atoms with Gasteiger partial charge in [0.1, 0.15) is 12.7 Å². The standard InChI is InChI=1S/C22H36O10/c1-6-7-8-9-10-11-12-27-22-21(31-17(5)26)20(30-16(4)25)19(32-22)18(29-15(3)24)13-28-14(2)23/h18-22H,6-13H2,1-5H3/t18-,19?,20?,21?,22?/m1/s1. The molecule has 1 heterocycles. The third-order valence-corrected chi connectivity index (χ3v) is 4.73. The van der Waals surface area contributed by atoms with Gasteiger partial charge < -0.3 is 28.4 Å². The van der Waals surface area contributed by atoms with Gasteiger partial charge in [-0.2, -0.15) is 0 Å². The average molecular weight is 461 g/mol. The van der Waals surface area contributed by atoms with Gasteiger partial charge in [0.05, 0.1) is 0 Å². The molecular formula is C22H36O10. The highest BCUT2D eigenvalue weighted by Gasteiger charge is 2.54. The van der Waals surface area contributed by atoms with E-state index in [-0.39, 0.29) is 6.61 Å². The molecule has 0 bridgehead atoms. The lowest BCUT2D eigenvalue weighted by Gasteiger charge is -2.27. The fourth-order valence-corrected chi connectivity index (χ4v) is 3.42. The van der Waals surface area contributed by atoms with Crippen LogP contribution >= 0.6 is 0 Å². The Morgan fingerprint density at radius 3 is 1.94 bits per heavy atom. The highest BCUT2D eigenvalue weighted by atomic mass is 16.7. The van der Waals surface area contributed by atoms with Gasteiger partial charge in [-0.25, -0.2) is 0 Å². The molecule has 0 aromatic carbocycles. The monoisotopic (exact) mass is 460 g/mol. The van der Waals surface area contributed by atoms with Crippen molar-refractivity contribution in [3.63, 3.8) is 0 Å². The van der Waals surface area contributed by atoms with E-state index in [1.807, 2.05) is 0 Å². The highest BCUT2D eigenvalue weighted by Crippen LogP contribution is 2.31. The van der Waals surface area contributed by atoms with Crippen LogP contribution in [0.25, 0.3) is 0 Å². The first-order valence-electron chi connectivity index (χ1n) is 11.1. The SMILES string of the molecule is CCCCCCCCOC1OC([C@@H](COC(C)=O)OC(C)=O)C(OC(C)=O)C1OC(C)=O. The second-order valence-corrected chi connectivity index (χ2v) is 7.71. The summed E-state index contributed by atoms with van der Waals surface area (Å²) in [6.45, 7) is 6.97. The zero-order valence-corrected chi connectivity index (χ0v) is 19.6. The number of unbranched alkanes of at least 4 members (excludes halogenated alkanes) is 5. The minimum atomic E-state index is -1.12. The van der Waals surface area contributed by atoms with Crippen LogP contribution in [0.1, 0.15) is 73.1 Å². The number of esters is 4. The van der Waals surface area contributed by atoms with E-state index in [0.29, 0.717) is 6.61 Å². The van der Waals surface area contributed by atoms with E-state index >= 15 is 0 Å². The highest BCUT2D eigenvalue weighted by molar-refractivity contribution is 5.68. The summed E-state index contributed by atoms with van der Waals surface area (Å²) >= 11 is 0. The van der Waals surface area contributed by atoms with Crippen molar-refractivity contribution in [1.82, 2.24) is 0 Å². The van der Waals surface area contributed by atoms with Gasteiger partial charge in [0.2, 0.25) is 0 Å². The summed E-state index contributed by atoms with van der Waals surface area (Å²) < 4.78 is 32.6. The predicted molar refractivity (Wildman–Crippen MR) is 111 cm³/mol. The van der Waals surface area contributed by atoms with Crippen LogP contribution in [-0.4, -0.2) is 67.8 Å². The summed E-state index contributed by atoms with van der Waals surface area (Å²) in [4.78, 5) is 46.3. The van der Waals surface area contributed by atoms with Gasteiger partial charge in [0, 0.05) is 34.3 Å². The van der Waals surface area contributed by atoms with E-state index in [1.54, 1.807) is 0 Å². The fraction of sp³-hybridized carbons (Fsp3) is 0.818. The molecule has 1 saturated heterocycles. The maximum Gasteiger partial charge on any atom is 0.303 e. The van der Waals surface area contributed by atoms with Gasteiger partial charge in [0.25, 0.3) is 0 Å². The first-order chi connectivity index (χ1) is 15.1. The van der Waals surface area contributed by atoms with Crippen molar-refractivity contribution in [2.75, 3.05) is 13.2 Å². The molecule has 0 aliphatic carbocycles. The van der Waals surface area contributed by atoms with Gasteiger partial charge >= 0.3 is 23.9 Å². The van der Waals surface area contributed by atoms with Crippen LogP contribution in [0.3, 0.4) is 0 Å². The molecule has 1 rings (SSSR count). The normalized spacial score (nSPS) is 23.3. The maximum atomic E-state index is 11.7. The lowest BCUT2D eigenvalue weighted by atomic mass is 10.1. The maximum absolute atomic E-state index is 11.7. The lowest BCUT2D eigenvalue weighted by Crippen LogP contribution is -2.46. The summed E-state index contributed by atoms with van der Waals surface area (Å²) in [5.41, 5.74) is 0. The third-order valence-electron chi connectivity index (χ3n) is 4.73. The lowest BCUT2D eigenvalue weighted by molar-refractivity contribution is -0.199. The van der Waals surface area contributed by atoms with Crippen LogP contribution in [0.2, 0.25) is 0 Å². The number of hydrogen-bond donors (Lipinski definition) is 0. The molecule has 1 fully saturated rings. The van der Waals surface area contributed by atoms with E-state index < -0.39 is 54.6 Å². The minimum Gasteiger partial charge on any atom is -0.462 e. The number of carbonyl (C=O) groups is 4. The van der Waals surface area contributed by atoms with Crippen molar-refractivity contribution in [2.24, 2.45) is 0 Å². The summed E-state index contributed by atoms with van der Waals surface area (Å²) in [6.07, 6.45) is 0.947. The fourth-order valence-electron chi connectivity index (χ4n) is 3.42. The Kier molecular flexibility index (Phi) is 12.9. The zero-order valence-electron chi connectivity index (χ0n) is 19.6. The number of hydrogen-bond acceptors (Lipinski definition) is 10. The van der Waals surface area contributed by atoms with Crippen LogP contribution in [0, 0.1) is 0 Å². The van der Waals surface area contributed by atoms with Crippen LogP contribution in [0.4, 0.5) is 0 Å². The largest absolute Gasteiger partial charge is 0.462 e. The Balaban J connectivity index is 2.94. The predicted octanol–water partition coefficient (Wildman–Crippen LogP) is 2.45. The van der Waals surface area contributed by atoms with Crippen molar-refractivity contribution in [3.05, 3.63) is 0 Å². The smallest absolute Gasteiger partial charge is 0.303 e. The van der Waals surface area contributed by atoms with Crippen molar-refractivity contribution in [1.29, 1.82) is 0 Å². The molecular weight excluding hydrogens is 424 g/mol. The van der Waals surface area contributed by atoms with Gasteiger partial charge in [-0.05, 0) is 6.42 Å². The average Bonchev–Trinajstić information content (AvgIpc) is 3.00. The Labute approximate surface area is 189 Å². The summed E-state index contributed by atoms with van der Waals surface area (Å²) in [6, 6.07) is 0. The van der Waals surface area contributed by atoms with Crippen LogP contribution in [0.15, 0.2) is 0 Å². The molecule has 184 valence electrons. The Hall–Kier alpha value is -2.20. The molecule has 0 N–H and O–H groups in total. The molecule has 0 amide bonds. The summed E-state index contributed by atoms with van der Waals surface area (Å²) in [5.74, 6) is -2.50. The van der Waals surface area contributed by atoms with E-state index in [4.69, 9.17) is 28.4 Å². The zero-order chi connectivity index (χ0) is 24.1.